The fourth-order valence-corrected chi connectivity index (χ4v) is 6.97. The van der Waals surface area contributed by atoms with Crippen LogP contribution in [0.2, 0.25) is 0 Å². The Bertz CT molecular complexity index is 1100. The standard InChI is InChI=1S/C37H67NO18/c1-2-38-25(42)16-12-10-8-6-4-3-5-7-9-11-14-21(41)15-13-17-51-36-33(50)34(56-37-32(49)30(47)27(44)23(19-40)54-37)28(45)24(55-36)20-52-35-31(48)29(46)26(43)22(18-39)53-35/h22-24,26-37,39-40,43-50H,2-20H2,1H3,(H,38,42)/t22-,23-,24-,26-,27-,28-,29+,30+,31+,32+,33+,34+,35+,36+,37-/m1/s1. The first-order valence-electron chi connectivity index (χ1n) is 20.1. The van der Waals surface area contributed by atoms with Crippen LogP contribution in [0.5, 0.6) is 0 Å². The molecule has 0 aromatic carbocycles. The predicted molar refractivity (Wildman–Crippen MR) is 193 cm³/mol. The van der Waals surface area contributed by atoms with E-state index in [-0.39, 0.29) is 31.1 Å². The summed E-state index contributed by atoms with van der Waals surface area (Å²) in [5.74, 6) is 0.168. The van der Waals surface area contributed by atoms with Crippen molar-refractivity contribution < 1.29 is 89.1 Å². The monoisotopic (exact) mass is 813 g/mol. The van der Waals surface area contributed by atoms with Crippen LogP contribution in [-0.4, -0.2) is 188 Å². The molecule has 3 aliphatic heterocycles. The first-order chi connectivity index (χ1) is 26.8. The topological polar surface area (TPSA) is 304 Å². The molecule has 56 heavy (non-hydrogen) atoms. The molecule has 3 aliphatic rings. The Morgan fingerprint density at radius 1 is 0.518 bits per heavy atom. The summed E-state index contributed by atoms with van der Waals surface area (Å²) in [6.45, 7) is 0.480. The molecular weight excluding hydrogens is 746 g/mol. The zero-order valence-electron chi connectivity index (χ0n) is 32.3. The Morgan fingerprint density at radius 3 is 1.54 bits per heavy atom. The van der Waals surface area contributed by atoms with Gasteiger partial charge in [-0.1, -0.05) is 51.4 Å². The molecule has 0 unspecified atom stereocenters. The average molecular weight is 814 g/mol. The van der Waals surface area contributed by atoms with Gasteiger partial charge in [0.05, 0.1) is 26.4 Å². The molecule has 3 heterocycles. The Kier molecular flexibility index (Phi) is 22.6. The highest BCUT2D eigenvalue weighted by Gasteiger charge is 2.52. The van der Waals surface area contributed by atoms with E-state index in [1.54, 1.807) is 0 Å². The molecule has 1 amide bonds. The first-order valence-corrected chi connectivity index (χ1v) is 20.1. The van der Waals surface area contributed by atoms with Crippen LogP contribution in [0.15, 0.2) is 0 Å². The summed E-state index contributed by atoms with van der Waals surface area (Å²) in [7, 11) is 0. The van der Waals surface area contributed by atoms with Gasteiger partial charge in [0.15, 0.2) is 18.9 Å². The van der Waals surface area contributed by atoms with Crippen molar-refractivity contribution in [1.82, 2.24) is 5.32 Å². The Balaban J connectivity index is 1.44. The third-order valence-electron chi connectivity index (χ3n) is 10.4. The summed E-state index contributed by atoms with van der Waals surface area (Å²) in [4.78, 5) is 24.0. The van der Waals surface area contributed by atoms with E-state index < -0.39 is 112 Å². The van der Waals surface area contributed by atoms with Crippen LogP contribution in [0, 0.1) is 0 Å². The number of carbonyl (C=O) groups excluding carboxylic acids is 2. The summed E-state index contributed by atoms with van der Waals surface area (Å²) < 4.78 is 33.5. The highest BCUT2D eigenvalue weighted by Crippen LogP contribution is 2.31. The van der Waals surface area contributed by atoms with E-state index in [0.717, 1.165) is 64.2 Å². The summed E-state index contributed by atoms with van der Waals surface area (Å²) in [5, 5.41) is 106. The maximum atomic E-state index is 12.5. The van der Waals surface area contributed by atoms with E-state index in [1.807, 2.05) is 6.92 Å². The summed E-state index contributed by atoms with van der Waals surface area (Å²) >= 11 is 0. The van der Waals surface area contributed by atoms with Gasteiger partial charge in [-0.05, 0) is 26.2 Å². The Labute approximate surface area is 327 Å². The van der Waals surface area contributed by atoms with Gasteiger partial charge >= 0.3 is 0 Å². The average Bonchev–Trinajstić information content (AvgIpc) is 3.18. The third-order valence-corrected chi connectivity index (χ3v) is 10.4. The number of amides is 1. The lowest BCUT2D eigenvalue weighted by molar-refractivity contribution is -0.366. The molecule has 11 N–H and O–H groups in total. The van der Waals surface area contributed by atoms with Gasteiger partial charge in [0.1, 0.15) is 79.0 Å². The van der Waals surface area contributed by atoms with E-state index in [9.17, 15) is 60.7 Å². The van der Waals surface area contributed by atoms with Gasteiger partial charge in [0.25, 0.3) is 0 Å². The molecule has 0 aromatic rings. The van der Waals surface area contributed by atoms with E-state index in [0.29, 0.717) is 19.4 Å². The van der Waals surface area contributed by atoms with Crippen molar-refractivity contribution in [1.29, 1.82) is 0 Å². The number of ketones is 1. The van der Waals surface area contributed by atoms with E-state index in [1.165, 1.54) is 0 Å². The van der Waals surface area contributed by atoms with Crippen molar-refractivity contribution in [2.75, 3.05) is 33.0 Å². The number of carbonyl (C=O) groups is 2. The number of nitrogens with one attached hydrogen (secondary N) is 1. The molecule has 3 fully saturated rings. The van der Waals surface area contributed by atoms with Gasteiger partial charge in [-0.25, -0.2) is 0 Å². The Hall–Kier alpha value is -1.50. The van der Waals surface area contributed by atoms with E-state index >= 15 is 0 Å². The minimum atomic E-state index is -1.86. The maximum absolute atomic E-state index is 12.5. The number of rotatable bonds is 26. The molecular formula is C37H67NO18. The summed E-state index contributed by atoms with van der Waals surface area (Å²) in [5.41, 5.74) is 0. The number of hydrogen-bond acceptors (Lipinski definition) is 18. The van der Waals surface area contributed by atoms with Crippen LogP contribution >= 0.6 is 0 Å². The van der Waals surface area contributed by atoms with Crippen molar-refractivity contribution in [2.45, 2.75) is 189 Å². The zero-order chi connectivity index (χ0) is 41.2. The first kappa shape index (κ1) is 48.9. The molecule has 0 bridgehead atoms. The molecule has 3 rings (SSSR count). The van der Waals surface area contributed by atoms with Gasteiger partial charge in [-0.2, -0.15) is 0 Å². The fraction of sp³-hybridized carbons (Fsp3) is 0.946. The van der Waals surface area contributed by atoms with Crippen molar-refractivity contribution in [3.8, 4) is 0 Å². The minimum Gasteiger partial charge on any atom is -0.394 e. The van der Waals surface area contributed by atoms with Crippen molar-refractivity contribution in [3.05, 3.63) is 0 Å². The normalized spacial score (nSPS) is 36.4. The lowest BCUT2D eigenvalue weighted by atomic mass is 9.96. The van der Waals surface area contributed by atoms with Crippen molar-refractivity contribution in [3.63, 3.8) is 0 Å². The molecule has 0 aliphatic carbocycles. The van der Waals surface area contributed by atoms with E-state index in [4.69, 9.17) is 28.4 Å². The highest BCUT2D eigenvalue weighted by atomic mass is 16.7. The summed E-state index contributed by atoms with van der Waals surface area (Å²) in [6, 6.07) is 0. The van der Waals surface area contributed by atoms with E-state index in [2.05, 4.69) is 5.32 Å². The second-order valence-electron chi connectivity index (χ2n) is 14.9. The number of ether oxygens (including phenoxy) is 6. The number of Topliss-reactive ketones (excluding diaryl/α,β-unsaturated/α-hetero) is 1. The fourth-order valence-electron chi connectivity index (χ4n) is 6.97. The largest absolute Gasteiger partial charge is 0.394 e. The van der Waals surface area contributed by atoms with Gasteiger partial charge in [0.2, 0.25) is 5.91 Å². The quantitative estimate of drug-likeness (QED) is 0.0406. The van der Waals surface area contributed by atoms with Crippen molar-refractivity contribution in [2.24, 2.45) is 0 Å². The smallest absolute Gasteiger partial charge is 0.219 e. The van der Waals surface area contributed by atoms with Crippen LogP contribution < -0.4 is 5.32 Å². The van der Waals surface area contributed by atoms with Crippen LogP contribution in [0.3, 0.4) is 0 Å². The van der Waals surface area contributed by atoms with Crippen LogP contribution in [-0.2, 0) is 38.0 Å². The molecule has 19 nitrogen and oxygen atoms in total. The van der Waals surface area contributed by atoms with Crippen LogP contribution in [0.4, 0.5) is 0 Å². The molecule has 0 aromatic heterocycles. The molecule has 0 radical (unpaired) electrons. The SMILES string of the molecule is CCNC(=O)CCCCCCCCCCCCC(=O)CCCO[C@H]1O[C@H](CO[C@H]2O[C@H](CO)[C@@H](O)[C@H](O)[C@@H]2O)[C@@H](O)[C@H](O[C@H]2O[C@H](CO)[C@@H](O)[C@H](O)[C@@H]2O)[C@@H]1O. The molecule has 15 atom stereocenters. The molecule has 3 saturated heterocycles. The van der Waals surface area contributed by atoms with Crippen molar-refractivity contribution >= 4 is 11.7 Å². The number of unbranched alkanes of at least 4 members (excludes halogenated alkanes) is 9. The molecule has 19 heteroatoms. The third kappa shape index (κ3) is 15.0. The predicted octanol–water partition coefficient (Wildman–Crippen LogP) is -2.38. The molecule has 328 valence electrons. The number of aliphatic hydroxyl groups is 10. The van der Waals surface area contributed by atoms with Crippen LogP contribution in [0.25, 0.3) is 0 Å². The second-order valence-corrected chi connectivity index (χ2v) is 14.9. The van der Waals surface area contributed by atoms with Gasteiger partial charge in [-0.3, -0.25) is 9.59 Å². The molecule has 0 saturated carbocycles. The van der Waals surface area contributed by atoms with Gasteiger partial charge < -0.3 is 84.8 Å². The number of hydrogen-bond donors (Lipinski definition) is 11. The second kappa shape index (κ2) is 25.9. The zero-order valence-corrected chi connectivity index (χ0v) is 32.3. The van der Waals surface area contributed by atoms with Gasteiger partial charge in [0, 0.05) is 25.8 Å². The van der Waals surface area contributed by atoms with Crippen LogP contribution in [0.1, 0.15) is 96.8 Å². The lowest BCUT2D eigenvalue weighted by Gasteiger charge is -2.46. The van der Waals surface area contributed by atoms with Gasteiger partial charge in [-0.15, -0.1) is 0 Å². The lowest BCUT2D eigenvalue weighted by Crippen LogP contribution is -2.65. The summed E-state index contributed by atoms with van der Waals surface area (Å²) in [6.07, 6.45) is -12.6. The highest BCUT2D eigenvalue weighted by molar-refractivity contribution is 5.78. The minimum absolute atomic E-state index is 0.0522. The maximum Gasteiger partial charge on any atom is 0.219 e. The Morgan fingerprint density at radius 2 is 0.982 bits per heavy atom. The number of aliphatic hydroxyl groups excluding tert-OH is 10. The molecule has 0 spiro atoms.